The van der Waals surface area contributed by atoms with Crippen molar-refractivity contribution in [2.45, 2.75) is 52.2 Å². The SMILES string of the molecule is CCN1CCC(OCCCN(C)C(C)C)CC1. The van der Waals surface area contributed by atoms with Gasteiger partial charge in [0.2, 0.25) is 0 Å². The molecule has 1 heterocycles. The van der Waals surface area contributed by atoms with Crippen LogP contribution in [0.5, 0.6) is 0 Å². The van der Waals surface area contributed by atoms with Crippen molar-refractivity contribution in [2.24, 2.45) is 0 Å². The van der Waals surface area contributed by atoms with Gasteiger partial charge in [-0.1, -0.05) is 6.92 Å². The minimum atomic E-state index is 0.516. The van der Waals surface area contributed by atoms with Crippen LogP contribution < -0.4 is 0 Å². The molecule has 0 unspecified atom stereocenters. The quantitative estimate of drug-likeness (QED) is 0.637. The first-order valence-electron chi connectivity index (χ1n) is 7.17. The molecule has 1 rings (SSSR count). The summed E-state index contributed by atoms with van der Waals surface area (Å²) in [6.45, 7) is 12.4. The summed E-state index contributed by atoms with van der Waals surface area (Å²) in [4.78, 5) is 4.88. The van der Waals surface area contributed by atoms with Crippen LogP contribution in [-0.2, 0) is 4.74 Å². The molecule has 0 aromatic rings. The van der Waals surface area contributed by atoms with Gasteiger partial charge >= 0.3 is 0 Å². The van der Waals surface area contributed by atoms with E-state index in [1.807, 2.05) is 0 Å². The maximum Gasteiger partial charge on any atom is 0.0599 e. The molecule has 0 bridgehead atoms. The molecule has 1 aliphatic heterocycles. The number of likely N-dealkylation sites (tertiary alicyclic amines) is 1. The van der Waals surface area contributed by atoms with Crippen LogP contribution in [0.1, 0.15) is 40.0 Å². The fourth-order valence-corrected chi connectivity index (χ4v) is 2.21. The van der Waals surface area contributed by atoms with E-state index < -0.39 is 0 Å². The van der Waals surface area contributed by atoms with Crippen molar-refractivity contribution in [2.75, 3.05) is 39.8 Å². The highest BCUT2D eigenvalue weighted by Crippen LogP contribution is 2.13. The van der Waals surface area contributed by atoms with Gasteiger partial charge in [0.05, 0.1) is 6.10 Å². The number of hydrogen-bond acceptors (Lipinski definition) is 3. The third kappa shape index (κ3) is 5.84. The Bertz CT molecular complexity index is 189. The normalized spacial score (nSPS) is 19.4. The van der Waals surface area contributed by atoms with Gasteiger partial charge in [-0.25, -0.2) is 0 Å². The number of rotatable bonds is 7. The Morgan fingerprint density at radius 2 is 1.94 bits per heavy atom. The standard InChI is InChI=1S/C14H30N2O/c1-5-16-10-7-14(8-11-16)17-12-6-9-15(4)13(2)3/h13-14H,5-12H2,1-4H3. The maximum atomic E-state index is 5.95. The monoisotopic (exact) mass is 242 g/mol. The van der Waals surface area contributed by atoms with Crippen LogP contribution in [0.3, 0.4) is 0 Å². The lowest BCUT2D eigenvalue weighted by atomic mass is 10.1. The molecule has 1 fully saturated rings. The summed E-state index contributed by atoms with van der Waals surface area (Å²) in [5.41, 5.74) is 0. The third-order valence-electron chi connectivity index (χ3n) is 3.87. The van der Waals surface area contributed by atoms with Crippen molar-refractivity contribution in [3.63, 3.8) is 0 Å². The zero-order chi connectivity index (χ0) is 12.7. The highest BCUT2D eigenvalue weighted by atomic mass is 16.5. The fourth-order valence-electron chi connectivity index (χ4n) is 2.21. The zero-order valence-corrected chi connectivity index (χ0v) is 12.1. The molecule has 3 heteroatoms. The van der Waals surface area contributed by atoms with Crippen molar-refractivity contribution in [1.29, 1.82) is 0 Å². The summed E-state index contributed by atoms with van der Waals surface area (Å²) in [6.07, 6.45) is 4.10. The largest absolute Gasteiger partial charge is 0.378 e. The second-order valence-corrected chi connectivity index (χ2v) is 5.43. The maximum absolute atomic E-state index is 5.95. The van der Waals surface area contributed by atoms with Crippen LogP contribution in [-0.4, -0.2) is 61.8 Å². The van der Waals surface area contributed by atoms with Crippen LogP contribution in [0, 0.1) is 0 Å². The van der Waals surface area contributed by atoms with E-state index in [9.17, 15) is 0 Å². The van der Waals surface area contributed by atoms with Crippen molar-refractivity contribution in [1.82, 2.24) is 9.80 Å². The van der Waals surface area contributed by atoms with E-state index in [4.69, 9.17) is 4.74 Å². The number of ether oxygens (including phenoxy) is 1. The van der Waals surface area contributed by atoms with Gasteiger partial charge in [0.15, 0.2) is 0 Å². The van der Waals surface area contributed by atoms with Crippen molar-refractivity contribution in [3.8, 4) is 0 Å². The lowest BCUT2D eigenvalue weighted by Gasteiger charge is -2.31. The average molecular weight is 242 g/mol. The summed E-state index contributed by atoms with van der Waals surface area (Å²) >= 11 is 0. The third-order valence-corrected chi connectivity index (χ3v) is 3.87. The highest BCUT2D eigenvalue weighted by molar-refractivity contribution is 4.71. The molecule has 0 amide bonds. The van der Waals surface area contributed by atoms with Crippen molar-refractivity contribution >= 4 is 0 Å². The van der Waals surface area contributed by atoms with Crippen LogP contribution in [0.4, 0.5) is 0 Å². The molecule has 0 saturated carbocycles. The molecular formula is C14H30N2O. The number of piperidine rings is 1. The van der Waals surface area contributed by atoms with E-state index >= 15 is 0 Å². The van der Waals surface area contributed by atoms with Gasteiger partial charge in [0.1, 0.15) is 0 Å². The number of nitrogens with zero attached hydrogens (tertiary/aromatic N) is 2. The molecule has 0 aliphatic carbocycles. The minimum Gasteiger partial charge on any atom is -0.378 e. The Balaban J connectivity index is 2.00. The molecular weight excluding hydrogens is 212 g/mol. The Kier molecular flexibility index (Phi) is 7.09. The van der Waals surface area contributed by atoms with Gasteiger partial charge in [-0.2, -0.15) is 0 Å². The Labute approximate surface area is 107 Å². The average Bonchev–Trinajstić information content (AvgIpc) is 2.35. The second-order valence-electron chi connectivity index (χ2n) is 5.43. The summed E-state index contributed by atoms with van der Waals surface area (Å²) < 4.78 is 5.95. The molecule has 0 aromatic heterocycles. The zero-order valence-electron chi connectivity index (χ0n) is 12.1. The molecule has 3 nitrogen and oxygen atoms in total. The topological polar surface area (TPSA) is 15.7 Å². The fraction of sp³-hybridized carbons (Fsp3) is 1.00. The van der Waals surface area contributed by atoms with E-state index in [1.165, 1.54) is 32.5 Å². The van der Waals surface area contributed by atoms with Crippen LogP contribution in [0.2, 0.25) is 0 Å². The molecule has 0 atom stereocenters. The van der Waals surface area contributed by atoms with Gasteiger partial charge in [0.25, 0.3) is 0 Å². The van der Waals surface area contributed by atoms with Crippen LogP contribution in [0.15, 0.2) is 0 Å². The first-order valence-corrected chi connectivity index (χ1v) is 7.17. The highest BCUT2D eigenvalue weighted by Gasteiger charge is 2.18. The van der Waals surface area contributed by atoms with Crippen LogP contribution in [0.25, 0.3) is 0 Å². The Hall–Kier alpha value is -0.120. The molecule has 17 heavy (non-hydrogen) atoms. The molecule has 1 saturated heterocycles. The smallest absolute Gasteiger partial charge is 0.0599 e. The van der Waals surface area contributed by atoms with Gasteiger partial charge in [-0.05, 0) is 46.7 Å². The summed E-state index contributed by atoms with van der Waals surface area (Å²) in [7, 11) is 2.18. The molecule has 0 N–H and O–H groups in total. The predicted octanol–water partition coefficient (Wildman–Crippen LogP) is 2.22. The molecule has 0 aromatic carbocycles. The van der Waals surface area contributed by atoms with Gasteiger partial charge in [-0.15, -0.1) is 0 Å². The van der Waals surface area contributed by atoms with E-state index in [0.717, 1.165) is 19.6 Å². The van der Waals surface area contributed by atoms with E-state index in [0.29, 0.717) is 12.1 Å². The molecule has 0 radical (unpaired) electrons. The Morgan fingerprint density at radius 3 is 2.47 bits per heavy atom. The lowest BCUT2D eigenvalue weighted by Crippen LogP contribution is -2.37. The van der Waals surface area contributed by atoms with E-state index in [-0.39, 0.29) is 0 Å². The van der Waals surface area contributed by atoms with Crippen molar-refractivity contribution in [3.05, 3.63) is 0 Å². The van der Waals surface area contributed by atoms with Gasteiger partial charge in [-0.3, -0.25) is 0 Å². The molecule has 1 aliphatic rings. The predicted molar refractivity (Wildman–Crippen MR) is 73.5 cm³/mol. The van der Waals surface area contributed by atoms with E-state index in [1.54, 1.807) is 0 Å². The van der Waals surface area contributed by atoms with Crippen LogP contribution >= 0.6 is 0 Å². The summed E-state index contributed by atoms with van der Waals surface area (Å²) in [5, 5.41) is 0. The van der Waals surface area contributed by atoms with Gasteiger partial charge < -0.3 is 14.5 Å². The van der Waals surface area contributed by atoms with Gasteiger partial charge in [0, 0.05) is 32.3 Å². The summed E-state index contributed by atoms with van der Waals surface area (Å²) in [5.74, 6) is 0. The minimum absolute atomic E-state index is 0.516. The Morgan fingerprint density at radius 1 is 1.29 bits per heavy atom. The molecule has 0 spiro atoms. The lowest BCUT2D eigenvalue weighted by molar-refractivity contribution is 0.00489. The van der Waals surface area contributed by atoms with Crippen molar-refractivity contribution < 1.29 is 4.74 Å². The first-order chi connectivity index (χ1) is 8.13. The summed E-state index contributed by atoms with van der Waals surface area (Å²) in [6, 6.07) is 0.641. The number of hydrogen-bond donors (Lipinski definition) is 0. The molecule has 102 valence electrons. The first kappa shape index (κ1) is 14.9. The second kappa shape index (κ2) is 8.06. The van der Waals surface area contributed by atoms with E-state index in [2.05, 4.69) is 37.6 Å².